The Morgan fingerprint density at radius 3 is 2.61 bits per heavy atom. The molecule has 1 heterocycles. The number of hydrogen-bond donors (Lipinski definition) is 0. The lowest BCUT2D eigenvalue weighted by molar-refractivity contribution is -0.113. The van der Waals surface area contributed by atoms with Gasteiger partial charge in [0.05, 0.1) is 15.1 Å². The molecule has 0 aliphatic carbocycles. The maximum Gasteiger partial charge on any atom is 0.298 e. The molecule has 4 rings (SSSR count). The Morgan fingerprint density at radius 1 is 1.06 bits per heavy atom. The summed E-state index contributed by atoms with van der Waals surface area (Å²) in [5, 5.41) is 0.0610. The van der Waals surface area contributed by atoms with E-state index in [0.29, 0.717) is 31.4 Å². The van der Waals surface area contributed by atoms with Crippen LogP contribution in [0.4, 0.5) is 14.9 Å². The number of anilines is 1. The maximum absolute atomic E-state index is 13.3. The molecule has 0 radical (unpaired) electrons. The fraction of sp³-hybridized carbons (Fsp3) is 0.0435. The van der Waals surface area contributed by atoms with E-state index in [0.717, 1.165) is 22.2 Å². The molecule has 3 aromatic carbocycles. The smallest absolute Gasteiger partial charge is 0.298 e. The van der Waals surface area contributed by atoms with Crippen molar-refractivity contribution >= 4 is 62.2 Å². The minimum Gasteiger partial charge on any atom is -0.488 e. The second kappa shape index (κ2) is 9.26. The van der Waals surface area contributed by atoms with Crippen LogP contribution in [-0.4, -0.2) is 11.1 Å². The van der Waals surface area contributed by atoms with Crippen molar-refractivity contribution in [1.82, 2.24) is 0 Å². The van der Waals surface area contributed by atoms with E-state index in [-0.39, 0.29) is 17.7 Å². The summed E-state index contributed by atoms with van der Waals surface area (Å²) < 4.78 is 19.7. The molecule has 3 aromatic rings. The summed E-state index contributed by atoms with van der Waals surface area (Å²) >= 11 is 10.3. The summed E-state index contributed by atoms with van der Waals surface area (Å²) in [6.07, 6.45) is 1.65. The third-order valence-corrected chi connectivity index (χ3v) is 6.12. The van der Waals surface area contributed by atoms with Crippen molar-refractivity contribution in [3.05, 3.63) is 98.1 Å². The summed E-state index contributed by atoms with van der Waals surface area (Å²) in [5.74, 6) is -0.143. The molecular formula is C23H14BrClFNO3S. The molecule has 0 bridgehead atoms. The van der Waals surface area contributed by atoms with Crippen molar-refractivity contribution < 1.29 is 18.7 Å². The van der Waals surface area contributed by atoms with Gasteiger partial charge in [-0.2, -0.15) is 0 Å². The first-order valence-corrected chi connectivity index (χ1v) is 11.1. The predicted octanol–water partition coefficient (Wildman–Crippen LogP) is 7.06. The van der Waals surface area contributed by atoms with E-state index in [9.17, 15) is 14.0 Å². The van der Waals surface area contributed by atoms with Crippen LogP contribution in [0.25, 0.3) is 6.08 Å². The van der Waals surface area contributed by atoms with Gasteiger partial charge in [-0.3, -0.25) is 9.59 Å². The lowest BCUT2D eigenvalue weighted by atomic mass is 10.2. The summed E-state index contributed by atoms with van der Waals surface area (Å²) in [5.41, 5.74) is 1.87. The van der Waals surface area contributed by atoms with Crippen LogP contribution in [0.1, 0.15) is 11.1 Å². The van der Waals surface area contributed by atoms with Gasteiger partial charge in [0.15, 0.2) is 0 Å². The first kappa shape index (κ1) is 21.6. The van der Waals surface area contributed by atoms with Gasteiger partial charge in [0.2, 0.25) is 0 Å². The number of ether oxygens (including phenoxy) is 1. The van der Waals surface area contributed by atoms with E-state index < -0.39 is 5.91 Å². The highest BCUT2D eigenvalue weighted by Crippen LogP contribution is 2.37. The number of carbonyl (C=O) groups is 2. The second-order valence-electron chi connectivity index (χ2n) is 6.61. The number of benzene rings is 3. The minimum atomic E-state index is -0.403. The molecule has 0 unspecified atom stereocenters. The lowest BCUT2D eigenvalue weighted by Crippen LogP contribution is -2.27. The van der Waals surface area contributed by atoms with E-state index >= 15 is 0 Å². The zero-order chi connectivity index (χ0) is 22.0. The summed E-state index contributed by atoms with van der Waals surface area (Å²) in [4.78, 5) is 26.6. The van der Waals surface area contributed by atoms with Gasteiger partial charge < -0.3 is 4.74 Å². The van der Waals surface area contributed by atoms with Crippen molar-refractivity contribution in [2.45, 2.75) is 6.61 Å². The fourth-order valence-corrected chi connectivity index (χ4v) is 4.51. The van der Waals surface area contributed by atoms with E-state index in [1.165, 1.54) is 12.1 Å². The molecule has 0 saturated carbocycles. The van der Waals surface area contributed by atoms with Crippen LogP contribution in [-0.2, 0) is 11.4 Å². The van der Waals surface area contributed by atoms with E-state index in [1.807, 2.05) is 0 Å². The van der Waals surface area contributed by atoms with Gasteiger partial charge in [-0.15, -0.1) is 0 Å². The van der Waals surface area contributed by atoms with Gasteiger partial charge in [-0.1, -0.05) is 35.9 Å². The number of imide groups is 1. The average molecular weight is 519 g/mol. The van der Waals surface area contributed by atoms with Crippen molar-refractivity contribution in [2.75, 3.05) is 4.90 Å². The number of rotatable bonds is 5. The van der Waals surface area contributed by atoms with Crippen molar-refractivity contribution in [3.8, 4) is 5.75 Å². The number of nitrogens with zero attached hydrogens (tertiary/aromatic N) is 1. The predicted molar refractivity (Wildman–Crippen MR) is 125 cm³/mol. The Bertz CT molecular complexity index is 1220. The van der Waals surface area contributed by atoms with Gasteiger partial charge in [0.25, 0.3) is 11.1 Å². The molecule has 0 spiro atoms. The highest BCUT2D eigenvalue weighted by Gasteiger charge is 2.36. The molecule has 1 aliphatic rings. The molecule has 1 aliphatic heterocycles. The molecule has 1 fully saturated rings. The molecule has 0 atom stereocenters. The van der Waals surface area contributed by atoms with Crippen LogP contribution in [0.5, 0.6) is 5.75 Å². The standard InChI is InChI=1S/C23H14BrClFNO3S/c24-19-10-14(7-8-20(19)30-13-15-3-1-5-17(26)9-15)11-21-22(28)27(23(29)31-21)18-6-2-4-16(25)12-18/h1-12H,13H2/b21-11+. The van der Waals surface area contributed by atoms with Crippen molar-refractivity contribution in [1.29, 1.82) is 0 Å². The third-order valence-electron chi connectivity index (χ3n) is 4.40. The molecule has 4 nitrogen and oxygen atoms in total. The molecular weight excluding hydrogens is 505 g/mol. The molecule has 0 N–H and O–H groups in total. The van der Waals surface area contributed by atoms with Crippen LogP contribution in [0.2, 0.25) is 5.02 Å². The highest BCUT2D eigenvalue weighted by molar-refractivity contribution is 9.10. The average Bonchev–Trinajstić information content (AvgIpc) is 3.00. The number of halogens is 3. The largest absolute Gasteiger partial charge is 0.488 e. The van der Waals surface area contributed by atoms with E-state index in [4.69, 9.17) is 16.3 Å². The van der Waals surface area contributed by atoms with Crippen LogP contribution in [0.3, 0.4) is 0 Å². The first-order valence-electron chi connectivity index (χ1n) is 9.11. The Kier molecular flexibility index (Phi) is 6.46. The van der Waals surface area contributed by atoms with Crippen LogP contribution in [0, 0.1) is 5.82 Å². The summed E-state index contributed by atoms with van der Waals surface area (Å²) in [6, 6.07) is 18.1. The van der Waals surface area contributed by atoms with Crippen LogP contribution in [0.15, 0.2) is 76.1 Å². The molecule has 156 valence electrons. The quantitative estimate of drug-likeness (QED) is 0.339. The van der Waals surface area contributed by atoms with Crippen molar-refractivity contribution in [2.24, 2.45) is 0 Å². The van der Waals surface area contributed by atoms with Crippen LogP contribution < -0.4 is 9.64 Å². The van der Waals surface area contributed by atoms with E-state index in [1.54, 1.807) is 60.7 Å². The van der Waals surface area contributed by atoms with E-state index in [2.05, 4.69) is 15.9 Å². The zero-order valence-corrected chi connectivity index (χ0v) is 19.0. The SMILES string of the molecule is O=C1S/C(=C/c2ccc(OCc3cccc(F)c3)c(Br)c2)C(=O)N1c1cccc(Cl)c1. The number of hydrogen-bond acceptors (Lipinski definition) is 4. The highest BCUT2D eigenvalue weighted by atomic mass is 79.9. The molecule has 1 saturated heterocycles. The molecule has 8 heteroatoms. The fourth-order valence-electron chi connectivity index (χ4n) is 2.97. The van der Waals surface area contributed by atoms with Crippen LogP contribution >= 0.6 is 39.3 Å². The van der Waals surface area contributed by atoms with Gasteiger partial charge in [-0.25, -0.2) is 9.29 Å². The van der Waals surface area contributed by atoms with Gasteiger partial charge in [0.1, 0.15) is 18.2 Å². The normalized spacial score (nSPS) is 15.1. The topological polar surface area (TPSA) is 46.6 Å². The van der Waals surface area contributed by atoms with Crippen molar-refractivity contribution in [3.63, 3.8) is 0 Å². The van der Waals surface area contributed by atoms with Gasteiger partial charge in [0, 0.05) is 5.02 Å². The molecule has 0 aromatic heterocycles. The second-order valence-corrected chi connectivity index (χ2v) is 8.89. The lowest BCUT2D eigenvalue weighted by Gasteiger charge is -2.12. The third kappa shape index (κ3) is 5.01. The Hall–Kier alpha value is -2.61. The number of amides is 2. The number of carbonyl (C=O) groups excluding carboxylic acids is 2. The number of thioether (sulfide) groups is 1. The zero-order valence-electron chi connectivity index (χ0n) is 15.8. The Balaban J connectivity index is 1.50. The Morgan fingerprint density at radius 2 is 1.87 bits per heavy atom. The summed E-state index contributed by atoms with van der Waals surface area (Å²) in [6.45, 7) is 0.216. The monoisotopic (exact) mass is 517 g/mol. The van der Waals surface area contributed by atoms with Gasteiger partial charge in [-0.05, 0) is 87.4 Å². The molecule has 2 amide bonds. The minimum absolute atomic E-state index is 0.216. The van der Waals surface area contributed by atoms with Gasteiger partial charge >= 0.3 is 0 Å². The molecule has 31 heavy (non-hydrogen) atoms. The summed E-state index contributed by atoms with van der Waals surface area (Å²) in [7, 11) is 0. The maximum atomic E-state index is 13.3. The Labute approximate surface area is 195 Å². The first-order chi connectivity index (χ1) is 14.9.